The van der Waals surface area contributed by atoms with Crippen molar-refractivity contribution in [3.8, 4) is 0 Å². The Balaban J connectivity index is 1.67. The Hall–Kier alpha value is -2.82. The van der Waals surface area contributed by atoms with E-state index in [-0.39, 0.29) is 16.8 Å². The van der Waals surface area contributed by atoms with Gasteiger partial charge in [-0.05, 0) is 30.2 Å². The van der Waals surface area contributed by atoms with Crippen LogP contribution in [0.5, 0.6) is 0 Å². The number of nitrogens with one attached hydrogen (secondary N) is 2. The normalized spacial score (nSPS) is 13.2. The Kier molecular flexibility index (Phi) is 4.38. The Morgan fingerprint density at radius 1 is 1.19 bits per heavy atom. The summed E-state index contributed by atoms with van der Waals surface area (Å²) >= 11 is 0.889. The van der Waals surface area contributed by atoms with Crippen LogP contribution in [-0.4, -0.2) is 34.2 Å². The monoisotopic (exact) mass is 401 g/mol. The molecular weight excluding hydrogens is 388 g/mol. The summed E-state index contributed by atoms with van der Waals surface area (Å²) < 4.78 is 35.8. The fraction of sp³-hybridized carbons (Fsp3) is 0.118. The molecule has 0 saturated carbocycles. The predicted molar refractivity (Wildman–Crippen MR) is 98.5 cm³/mol. The maximum atomic E-state index is 12.8. The molecule has 0 spiro atoms. The van der Waals surface area contributed by atoms with Gasteiger partial charge in [0, 0.05) is 17.1 Å². The van der Waals surface area contributed by atoms with Crippen molar-refractivity contribution in [3.05, 3.63) is 54.2 Å². The summed E-state index contributed by atoms with van der Waals surface area (Å²) in [5.74, 6) is -1.51. The van der Waals surface area contributed by atoms with Gasteiger partial charge in [-0.2, -0.15) is 8.75 Å². The maximum Gasteiger partial charge on any atom is 0.243 e. The second kappa shape index (κ2) is 6.72. The lowest BCUT2D eigenvalue weighted by atomic mass is 10.1. The lowest BCUT2D eigenvalue weighted by Gasteiger charge is -2.19. The van der Waals surface area contributed by atoms with Crippen LogP contribution >= 0.6 is 11.7 Å². The third kappa shape index (κ3) is 3.29. The van der Waals surface area contributed by atoms with Crippen molar-refractivity contribution in [3.63, 3.8) is 0 Å². The summed E-state index contributed by atoms with van der Waals surface area (Å²) in [6.07, 6.45) is 1.61. The third-order valence-electron chi connectivity index (χ3n) is 4.22. The molecule has 1 atom stereocenters. The molecule has 2 N–H and O–H groups in total. The number of rotatable bonds is 6. The van der Waals surface area contributed by atoms with E-state index in [0.29, 0.717) is 11.1 Å². The zero-order valence-electron chi connectivity index (χ0n) is 13.7. The largest absolute Gasteiger partial charge is 0.548 e. The van der Waals surface area contributed by atoms with Gasteiger partial charge in [0.05, 0.1) is 23.7 Å². The number of para-hydroxylation sites is 1. The molecule has 0 aliphatic rings. The van der Waals surface area contributed by atoms with E-state index in [2.05, 4.69) is 18.5 Å². The first-order valence-corrected chi connectivity index (χ1v) is 10.2. The number of hydrogen-bond donors (Lipinski definition) is 2. The zero-order chi connectivity index (χ0) is 19.0. The van der Waals surface area contributed by atoms with Crippen LogP contribution in [0.15, 0.2) is 53.6 Å². The van der Waals surface area contributed by atoms with Crippen molar-refractivity contribution < 1.29 is 18.3 Å². The third-order valence-corrected chi connectivity index (χ3v) is 6.27. The van der Waals surface area contributed by atoms with E-state index in [1.807, 2.05) is 24.3 Å². The first kappa shape index (κ1) is 17.6. The van der Waals surface area contributed by atoms with Crippen molar-refractivity contribution in [2.45, 2.75) is 17.4 Å². The Bertz CT molecular complexity index is 1250. The summed E-state index contributed by atoms with van der Waals surface area (Å²) in [4.78, 5) is 14.5. The standard InChI is InChI=1S/C17H14N4O4S2/c22-17(23)14(8-10-9-18-12-5-2-1-4-11(10)12)21-27(24,25)15-7-3-6-13-16(15)20-26-19-13/h1-7,9,14,18,21H,8H2,(H,22,23)/p-1/t14-/m1/s1. The summed E-state index contributed by atoms with van der Waals surface area (Å²) in [6, 6.07) is 10.5. The molecule has 0 aliphatic carbocycles. The molecule has 4 aromatic rings. The molecule has 4 rings (SSSR count). The van der Waals surface area contributed by atoms with E-state index in [0.717, 1.165) is 22.6 Å². The molecule has 0 amide bonds. The smallest absolute Gasteiger partial charge is 0.243 e. The van der Waals surface area contributed by atoms with E-state index in [9.17, 15) is 18.3 Å². The quantitative estimate of drug-likeness (QED) is 0.492. The Labute approximate surface area is 158 Å². The first-order chi connectivity index (χ1) is 13.0. The van der Waals surface area contributed by atoms with Crippen molar-refractivity contribution >= 4 is 49.7 Å². The number of hydrogen-bond acceptors (Lipinski definition) is 7. The molecule has 138 valence electrons. The highest BCUT2D eigenvalue weighted by Crippen LogP contribution is 2.23. The van der Waals surface area contributed by atoms with Gasteiger partial charge in [0.25, 0.3) is 0 Å². The molecule has 0 saturated heterocycles. The van der Waals surface area contributed by atoms with Crippen LogP contribution in [-0.2, 0) is 21.2 Å². The average Bonchev–Trinajstić information content (AvgIpc) is 3.27. The molecule has 2 heterocycles. The number of sulfonamides is 1. The van der Waals surface area contributed by atoms with Gasteiger partial charge < -0.3 is 14.9 Å². The van der Waals surface area contributed by atoms with Gasteiger partial charge >= 0.3 is 0 Å². The zero-order valence-corrected chi connectivity index (χ0v) is 15.4. The van der Waals surface area contributed by atoms with Crippen LogP contribution < -0.4 is 9.83 Å². The van der Waals surface area contributed by atoms with Crippen molar-refractivity contribution in [1.29, 1.82) is 0 Å². The summed E-state index contributed by atoms with van der Waals surface area (Å²) in [6.45, 7) is 0. The molecule has 0 aliphatic heterocycles. The number of nitrogens with zero attached hydrogens (tertiary/aromatic N) is 2. The summed E-state index contributed by atoms with van der Waals surface area (Å²) in [5.41, 5.74) is 2.16. The molecule has 10 heteroatoms. The fourth-order valence-corrected chi connectivity index (χ4v) is 4.89. The number of carboxylic acids is 1. The van der Waals surface area contributed by atoms with Crippen molar-refractivity contribution in [2.75, 3.05) is 0 Å². The highest BCUT2D eigenvalue weighted by molar-refractivity contribution is 7.89. The first-order valence-electron chi connectivity index (χ1n) is 7.95. The van der Waals surface area contributed by atoms with Crippen LogP contribution in [0.2, 0.25) is 0 Å². The molecule has 0 bridgehead atoms. The van der Waals surface area contributed by atoms with Gasteiger partial charge in [-0.15, -0.1) is 0 Å². The summed E-state index contributed by atoms with van der Waals surface area (Å²) in [5, 5.41) is 12.4. The number of carbonyl (C=O) groups is 1. The second-order valence-corrected chi connectivity index (χ2v) is 8.16. The number of carbonyl (C=O) groups excluding carboxylic acids is 1. The van der Waals surface area contributed by atoms with Gasteiger partial charge in [0.2, 0.25) is 10.0 Å². The second-order valence-electron chi connectivity index (χ2n) is 5.94. The van der Waals surface area contributed by atoms with E-state index >= 15 is 0 Å². The van der Waals surface area contributed by atoms with Crippen molar-refractivity contribution in [1.82, 2.24) is 18.5 Å². The number of aliphatic carboxylic acids is 1. The average molecular weight is 401 g/mol. The lowest BCUT2D eigenvalue weighted by molar-refractivity contribution is -0.307. The van der Waals surface area contributed by atoms with Crippen molar-refractivity contribution in [2.24, 2.45) is 0 Å². The summed E-state index contributed by atoms with van der Waals surface area (Å²) in [7, 11) is -4.13. The highest BCUT2D eigenvalue weighted by Gasteiger charge is 2.25. The Morgan fingerprint density at radius 2 is 2.00 bits per heavy atom. The minimum atomic E-state index is -4.13. The number of aromatic nitrogens is 3. The van der Waals surface area contributed by atoms with Gasteiger partial charge in [0.15, 0.2) is 0 Å². The van der Waals surface area contributed by atoms with E-state index in [4.69, 9.17) is 0 Å². The maximum absolute atomic E-state index is 12.8. The van der Waals surface area contributed by atoms with Crippen LogP contribution in [0.3, 0.4) is 0 Å². The minimum absolute atomic E-state index is 0.0587. The van der Waals surface area contributed by atoms with E-state index in [1.165, 1.54) is 12.1 Å². The number of benzene rings is 2. The van der Waals surface area contributed by atoms with Crippen LogP contribution in [0.25, 0.3) is 21.9 Å². The molecule has 0 unspecified atom stereocenters. The number of fused-ring (bicyclic) bond motifs is 2. The van der Waals surface area contributed by atoms with Crippen LogP contribution in [0.1, 0.15) is 5.56 Å². The molecule has 27 heavy (non-hydrogen) atoms. The fourth-order valence-electron chi connectivity index (χ4n) is 2.94. The van der Waals surface area contributed by atoms with Crippen LogP contribution in [0, 0.1) is 0 Å². The van der Waals surface area contributed by atoms with Gasteiger partial charge in [-0.3, -0.25) is 0 Å². The Morgan fingerprint density at radius 3 is 2.81 bits per heavy atom. The molecule has 0 fully saturated rings. The molecule has 0 radical (unpaired) electrons. The van der Waals surface area contributed by atoms with E-state index < -0.39 is 22.0 Å². The number of carboxylic acid groups (broad SMARTS) is 1. The molecule has 2 aromatic carbocycles. The molecule has 8 nitrogen and oxygen atoms in total. The topological polar surface area (TPSA) is 128 Å². The SMILES string of the molecule is O=C([O-])[C@@H](Cc1c[nH]c2ccccc12)NS(=O)(=O)c1cccc2nsnc12. The van der Waals surface area contributed by atoms with Gasteiger partial charge in [-0.1, -0.05) is 24.3 Å². The van der Waals surface area contributed by atoms with Gasteiger partial charge in [0.1, 0.15) is 15.9 Å². The number of aromatic amines is 1. The molecular formula is C17H13N4O4S2-. The van der Waals surface area contributed by atoms with Gasteiger partial charge in [-0.25, -0.2) is 13.1 Å². The highest BCUT2D eigenvalue weighted by atomic mass is 32.2. The lowest BCUT2D eigenvalue weighted by Crippen LogP contribution is -2.49. The van der Waals surface area contributed by atoms with Crippen LogP contribution in [0.4, 0.5) is 0 Å². The minimum Gasteiger partial charge on any atom is -0.548 e. The van der Waals surface area contributed by atoms with E-state index in [1.54, 1.807) is 12.3 Å². The number of H-pyrrole nitrogens is 1. The molecule has 2 aromatic heterocycles. The predicted octanol–water partition coefficient (Wildman–Crippen LogP) is 0.812.